The van der Waals surface area contributed by atoms with Gasteiger partial charge < -0.3 is 36.3 Å². The van der Waals surface area contributed by atoms with Crippen LogP contribution in [0.2, 0.25) is 0 Å². The zero-order valence-electron chi connectivity index (χ0n) is 19.3. The Hall–Kier alpha value is -3.37. The molecular formula is C21H27N9O5S. The van der Waals surface area contributed by atoms with E-state index in [0.29, 0.717) is 22.7 Å². The second-order valence-electron chi connectivity index (χ2n) is 8.31. The largest absolute Gasteiger partial charge is 0.548 e. The maximum Gasteiger partial charge on any atom is 0.167 e. The van der Waals surface area contributed by atoms with Gasteiger partial charge in [-0.2, -0.15) is 15.4 Å². The van der Waals surface area contributed by atoms with Crippen molar-refractivity contribution in [3.63, 3.8) is 0 Å². The molecule has 1 aliphatic heterocycles. The molecule has 0 amide bonds. The SMILES string of the molecule is C[S+](CCC(N)C(=O)[O-])C[C@H]1O[C@@H](n2cnc3c(N)ncnc32)[C@H](O)[C@@H]1O.c1ccc2n[nH]nc2c1. The molecule has 5 rings (SSSR count). The summed E-state index contributed by atoms with van der Waals surface area (Å²) in [7, 11) is -0.263. The molecule has 1 aromatic carbocycles. The van der Waals surface area contributed by atoms with Gasteiger partial charge in [0, 0.05) is 12.5 Å². The monoisotopic (exact) mass is 517 g/mol. The Morgan fingerprint density at radius 1 is 1.22 bits per heavy atom. The number of nitrogen functional groups attached to an aromatic ring is 1. The van der Waals surface area contributed by atoms with Crippen LogP contribution in [0.5, 0.6) is 0 Å². The molecule has 7 N–H and O–H groups in total. The van der Waals surface area contributed by atoms with E-state index in [1.165, 1.54) is 17.2 Å². The molecule has 1 fully saturated rings. The van der Waals surface area contributed by atoms with Gasteiger partial charge in [0.15, 0.2) is 17.7 Å². The fourth-order valence-electron chi connectivity index (χ4n) is 3.75. The van der Waals surface area contributed by atoms with Crippen molar-refractivity contribution >= 4 is 44.9 Å². The fourth-order valence-corrected chi connectivity index (χ4v) is 5.41. The Labute approximate surface area is 208 Å². The van der Waals surface area contributed by atoms with Gasteiger partial charge in [-0.05, 0) is 23.0 Å². The van der Waals surface area contributed by atoms with Gasteiger partial charge in [0.1, 0.15) is 52.7 Å². The van der Waals surface area contributed by atoms with Gasteiger partial charge in [-0.3, -0.25) is 4.57 Å². The van der Waals surface area contributed by atoms with Crippen molar-refractivity contribution in [3.8, 4) is 0 Å². The van der Waals surface area contributed by atoms with Gasteiger partial charge in [-0.1, -0.05) is 12.1 Å². The molecule has 0 spiro atoms. The van der Waals surface area contributed by atoms with E-state index in [0.717, 1.165) is 11.0 Å². The number of carboxylic acids is 1. The number of H-pyrrole nitrogens is 1. The fraction of sp³-hybridized carbons (Fsp3) is 0.429. The van der Waals surface area contributed by atoms with E-state index in [1.54, 1.807) is 0 Å². The van der Waals surface area contributed by atoms with Gasteiger partial charge in [0.25, 0.3) is 0 Å². The lowest BCUT2D eigenvalue weighted by molar-refractivity contribution is -0.307. The summed E-state index contributed by atoms with van der Waals surface area (Å²) < 4.78 is 7.39. The number of nitrogens with zero attached hydrogens (tertiary/aromatic N) is 6. The average molecular weight is 518 g/mol. The number of anilines is 1. The first-order chi connectivity index (χ1) is 17.3. The molecule has 36 heavy (non-hydrogen) atoms. The second-order valence-corrected chi connectivity index (χ2v) is 10.6. The van der Waals surface area contributed by atoms with Gasteiger partial charge in [-0.15, -0.1) is 0 Å². The third-order valence-electron chi connectivity index (χ3n) is 5.75. The minimum absolute atomic E-state index is 0.211. The number of rotatable bonds is 7. The highest BCUT2D eigenvalue weighted by molar-refractivity contribution is 7.96. The first-order valence-electron chi connectivity index (χ1n) is 11.0. The van der Waals surface area contributed by atoms with E-state index >= 15 is 0 Å². The molecule has 6 atom stereocenters. The van der Waals surface area contributed by atoms with Crippen LogP contribution < -0.4 is 16.6 Å². The zero-order chi connectivity index (χ0) is 25.8. The molecule has 15 heteroatoms. The van der Waals surface area contributed by atoms with Crippen LogP contribution in [0.1, 0.15) is 12.6 Å². The van der Waals surface area contributed by atoms with E-state index < -0.39 is 36.6 Å². The van der Waals surface area contributed by atoms with Crippen molar-refractivity contribution in [2.75, 3.05) is 23.5 Å². The number of imidazole rings is 1. The molecule has 2 unspecified atom stereocenters. The molecule has 14 nitrogen and oxygen atoms in total. The topological polar surface area (TPSA) is 227 Å². The van der Waals surface area contributed by atoms with E-state index in [4.69, 9.17) is 16.2 Å². The minimum atomic E-state index is -1.28. The Morgan fingerprint density at radius 2 is 1.92 bits per heavy atom. The lowest BCUT2D eigenvalue weighted by Crippen LogP contribution is -2.43. The summed E-state index contributed by atoms with van der Waals surface area (Å²) in [5.74, 6) is -0.0611. The lowest BCUT2D eigenvalue weighted by atomic mass is 10.1. The van der Waals surface area contributed by atoms with Crippen LogP contribution in [-0.2, 0) is 20.4 Å². The number of nitrogens with two attached hydrogens (primary N) is 2. The van der Waals surface area contributed by atoms with Gasteiger partial charge in [0.2, 0.25) is 0 Å². The van der Waals surface area contributed by atoms with Crippen LogP contribution in [0.4, 0.5) is 5.82 Å². The Morgan fingerprint density at radius 3 is 2.58 bits per heavy atom. The van der Waals surface area contributed by atoms with Crippen LogP contribution in [0.15, 0.2) is 36.9 Å². The van der Waals surface area contributed by atoms with Gasteiger partial charge >= 0.3 is 0 Å². The number of fused-ring (bicyclic) bond motifs is 2. The number of carbonyl (C=O) groups excluding carboxylic acids is 1. The Bertz CT molecular complexity index is 1290. The van der Waals surface area contributed by atoms with E-state index in [9.17, 15) is 20.1 Å². The summed E-state index contributed by atoms with van der Waals surface area (Å²) in [5.41, 5.74) is 13.8. The first kappa shape index (κ1) is 25.7. The summed E-state index contributed by atoms with van der Waals surface area (Å²) in [6.45, 7) is 0. The second kappa shape index (κ2) is 11.1. The summed E-state index contributed by atoms with van der Waals surface area (Å²) in [4.78, 5) is 22.8. The summed E-state index contributed by atoms with van der Waals surface area (Å²) in [6, 6.07) is 6.68. The standard InChI is InChI=1S/C15H22N6O5S.C6H5N3/c1-27(3-2-7(16)15(24)25)4-8-10(22)11(23)14(26-8)21-6-20-9-12(17)18-5-19-13(9)21;1-2-4-6-5(3-1)7-9-8-6/h5-8,10-11,14,22-23H,2-4,16H2,1H3,(H2-,17,18,19,24,25);1-4H,(H,7,8,9)/t7?,8-,10-,11-,14-,27?;/m1./s1. The van der Waals surface area contributed by atoms with Gasteiger partial charge in [-0.25, -0.2) is 15.0 Å². The minimum Gasteiger partial charge on any atom is -0.548 e. The molecular weight excluding hydrogens is 490 g/mol. The lowest BCUT2D eigenvalue weighted by Gasteiger charge is -2.16. The van der Waals surface area contributed by atoms with Gasteiger partial charge in [0.05, 0.1) is 18.6 Å². The van der Waals surface area contributed by atoms with Crippen LogP contribution in [0, 0.1) is 0 Å². The molecule has 1 saturated heterocycles. The quantitative estimate of drug-likeness (QED) is 0.163. The van der Waals surface area contributed by atoms with Crippen molar-refractivity contribution < 1.29 is 24.9 Å². The predicted molar refractivity (Wildman–Crippen MR) is 130 cm³/mol. The van der Waals surface area contributed by atoms with Crippen molar-refractivity contribution in [2.45, 2.75) is 37.0 Å². The number of aliphatic hydroxyl groups excluding tert-OH is 2. The number of aromatic nitrogens is 7. The molecule has 0 radical (unpaired) electrons. The number of carboxylic acid groups (broad SMARTS) is 1. The number of para-hydroxylation sites is 2. The highest BCUT2D eigenvalue weighted by Gasteiger charge is 2.46. The molecule has 192 valence electrons. The highest BCUT2D eigenvalue weighted by Crippen LogP contribution is 2.32. The number of ether oxygens (including phenoxy) is 1. The number of hydrogen-bond acceptors (Lipinski definition) is 12. The number of nitrogens with one attached hydrogen (secondary N) is 1. The molecule has 1 aliphatic rings. The normalized spacial score (nSPS) is 23.3. The third-order valence-corrected chi connectivity index (χ3v) is 7.58. The Balaban J connectivity index is 0.000000280. The number of hydrogen-bond donors (Lipinski definition) is 5. The van der Waals surface area contributed by atoms with Crippen molar-refractivity contribution in [3.05, 3.63) is 36.9 Å². The molecule has 4 aromatic rings. The van der Waals surface area contributed by atoms with Crippen molar-refractivity contribution in [1.82, 2.24) is 34.9 Å². The maximum absolute atomic E-state index is 10.7. The Kier molecular flexibility index (Phi) is 7.95. The van der Waals surface area contributed by atoms with E-state index in [2.05, 4.69) is 30.4 Å². The maximum atomic E-state index is 10.7. The first-order valence-corrected chi connectivity index (χ1v) is 13.0. The third kappa shape index (κ3) is 5.55. The number of aliphatic hydroxyl groups is 2. The number of carbonyl (C=O) groups is 1. The predicted octanol–water partition coefficient (Wildman–Crippen LogP) is -2.30. The molecule has 4 heterocycles. The number of benzene rings is 1. The smallest absolute Gasteiger partial charge is 0.167 e. The number of aliphatic carboxylic acids is 1. The zero-order valence-corrected chi connectivity index (χ0v) is 20.2. The van der Waals surface area contributed by atoms with Crippen LogP contribution in [0.3, 0.4) is 0 Å². The summed E-state index contributed by atoms with van der Waals surface area (Å²) in [5, 5.41) is 41.8. The molecule has 3 aromatic heterocycles. The van der Waals surface area contributed by atoms with Crippen molar-refractivity contribution in [2.24, 2.45) is 5.73 Å². The average Bonchev–Trinajstić information content (AvgIpc) is 3.58. The molecule has 0 bridgehead atoms. The highest BCUT2D eigenvalue weighted by atomic mass is 32.2. The van der Waals surface area contributed by atoms with Crippen LogP contribution in [-0.4, -0.2) is 93.2 Å². The van der Waals surface area contributed by atoms with Crippen LogP contribution >= 0.6 is 0 Å². The summed E-state index contributed by atoms with van der Waals surface area (Å²) >= 11 is 0. The van der Waals surface area contributed by atoms with Crippen LogP contribution in [0.25, 0.3) is 22.2 Å². The van der Waals surface area contributed by atoms with E-state index in [1.807, 2.05) is 30.5 Å². The number of aromatic amines is 1. The van der Waals surface area contributed by atoms with E-state index in [-0.39, 0.29) is 23.1 Å². The molecule has 0 aliphatic carbocycles. The summed E-state index contributed by atoms with van der Waals surface area (Å²) in [6.07, 6.45) is 1.17. The molecule has 0 saturated carbocycles. The van der Waals surface area contributed by atoms with Crippen molar-refractivity contribution in [1.29, 1.82) is 0 Å².